The number of hydrogen-bond acceptors (Lipinski definition) is 9. The van der Waals surface area contributed by atoms with Gasteiger partial charge in [-0.05, 0) is 101 Å². The lowest BCUT2D eigenvalue weighted by molar-refractivity contribution is -0.309. The van der Waals surface area contributed by atoms with E-state index in [2.05, 4.69) is 45.6 Å². The molecule has 1 N–H and O–H groups in total. The van der Waals surface area contributed by atoms with Crippen LogP contribution in [0.5, 0.6) is 11.5 Å². The summed E-state index contributed by atoms with van der Waals surface area (Å²) in [7, 11) is 1.80. The van der Waals surface area contributed by atoms with Gasteiger partial charge in [-0.15, -0.1) is 0 Å². The highest BCUT2D eigenvalue weighted by molar-refractivity contribution is 5.69. The molecule has 1 aromatic rings. The van der Waals surface area contributed by atoms with Gasteiger partial charge in [0.15, 0.2) is 11.5 Å². The Morgan fingerprint density at radius 3 is 2.46 bits per heavy atom. The molecule has 4 aliphatic carbocycles. The van der Waals surface area contributed by atoms with Crippen LogP contribution in [0.3, 0.4) is 0 Å². The number of benzene rings is 1. The van der Waals surface area contributed by atoms with E-state index in [0.717, 1.165) is 55.8 Å². The number of aliphatic hydroxyl groups is 1. The van der Waals surface area contributed by atoms with Gasteiger partial charge in [-0.2, -0.15) is 0 Å². The second kappa shape index (κ2) is 12.2. The molecule has 2 heterocycles. The van der Waals surface area contributed by atoms with Gasteiger partial charge in [0.1, 0.15) is 18.3 Å². The zero-order valence-corrected chi connectivity index (χ0v) is 29.4. The molecule has 2 bridgehead atoms. The van der Waals surface area contributed by atoms with E-state index in [9.17, 15) is 9.90 Å². The molecule has 0 aromatic heterocycles. The number of methoxy groups -OCH3 is 1. The highest BCUT2D eigenvalue weighted by Gasteiger charge is 2.81. The first-order valence-electron chi connectivity index (χ1n) is 17.6. The molecule has 46 heavy (non-hydrogen) atoms. The lowest BCUT2D eigenvalue weighted by Crippen LogP contribution is -2.81. The van der Waals surface area contributed by atoms with E-state index in [1.165, 1.54) is 12.8 Å². The minimum absolute atomic E-state index is 0.0836. The fraction of sp³-hybridized carbons (Fsp3) is 0.811. The molecule has 2 spiro atoms. The minimum Gasteiger partial charge on any atom is -0.482 e. The van der Waals surface area contributed by atoms with E-state index in [1.807, 2.05) is 19.9 Å². The van der Waals surface area contributed by atoms with Gasteiger partial charge in [0.25, 0.3) is 0 Å². The van der Waals surface area contributed by atoms with Crippen LogP contribution in [-0.2, 0) is 24.4 Å². The Morgan fingerprint density at radius 1 is 1.07 bits per heavy atom. The van der Waals surface area contributed by atoms with Crippen LogP contribution in [0, 0.1) is 29.6 Å². The number of nitrogens with zero attached hydrogens (tertiary/aromatic N) is 1. The molecule has 7 atom stereocenters. The highest BCUT2D eigenvalue weighted by Crippen LogP contribution is 2.76. The lowest BCUT2D eigenvalue weighted by Gasteiger charge is -2.74. The summed E-state index contributed by atoms with van der Waals surface area (Å²) in [5, 5.41) is 12.5. The van der Waals surface area contributed by atoms with Crippen molar-refractivity contribution < 1.29 is 38.3 Å². The fourth-order valence-corrected chi connectivity index (χ4v) is 9.96. The molecule has 9 nitrogen and oxygen atoms in total. The standard InChI is InChI=1S/C37H57NO8/c1-9-42-18-19-43-20-21-44-32(39)45-27-13-10-24(2)29-30(27)46-31-36(29)16-17-38(23-26-11-12-26)25(3)35(36)14-15-37(31,41-8)28(22-35)34(7,40)33(4,5)6/h10,13,25-26,28,31,40H,9,11-12,14-23H2,1-8H3/t25?,28?,31-,34?,35-,36?,37-/m1/s1. The van der Waals surface area contributed by atoms with Crippen molar-refractivity contribution in [1.29, 1.82) is 0 Å². The number of rotatable bonds is 12. The van der Waals surface area contributed by atoms with Gasteiger partial charge in [-0.1, -0.05) is 26.8 Å². The molecule has 258 valence electrons. The molecule has 2 aliphatic heterocycles. The second-order valence-corrected chi connectivity index (χ2v) is 15.9. The van der Waals surface area contributed by atoms with Crippen LogP contribution in [0.15, 0.2) is 12.1 Å². The summed E-state index contributed by atoms with van der Waals surface area (Å²) in [6.45, 7) is 19.0. The summed E-state index contributed by atoms with van der Waals surface area (Å²) in [5.74, 6) is 1.64. The number of carbonyl (C=O) groups excluding carboxylic acids is 1. The van der Waals surface area contributed by atoms with Gasteiger partial charge >= 0.3 is 6.16 Å². The summed E-state index contributed by atoms with van der Waals surface area (Å²) in [5.41, 5.74) is -0.309. The first kappa shape index (κ1) is 34.0. The lowest BCUT2D eigenvalue weighted by atomic mass is 9.35. The van der Waals surface area contributed by atoms with Crippen molar-refractivity contribution in [3.8, 4) is 11.5 Å². The van der Waals surface area contributed by atoms with Crippen LogP contribution in [0.1, 0.15) is 91.2 Å². The van der Waals surface area contributed by atoms with Crippen molar-refractivity contribution in [2.75, 3.05) is 53.2 Å². The van der Waals surface area contributed by atoms with E-state index in [-0.39, 0.29) is 41.5 Å². The maximum Gasteiger partial charge on any atom is 0.514 e. The SMILES string of the molecule is CCOCCOCCOC(=O)Oc1ccc(C)c2c1O[C@@H]1C23CCN(CC2CC2)C(C)[C@]32CC[C@@]1(OC)C(C(C)(O)C(C)(C)C)C2. The average molecular weight is 644 g/mol. The van der Waals surface area contributed by atoms with Crippen molar-refractivity contribution in [3.05, 3.63) is 23.3 Å². The van der Waals surface area contributed by atoms with E-state index < -0.39 is 17.4 Å². The summed E-state index contributed by atoms with van der Waals surface area (Å²) in [4.78, 5) is 15.7. The molecule has 0 radical (unpaired) electrons. The quantitative estimate of drug-likeness (QED) is 0.166. The second-order valence-electron chi connectivity index (χ2n) is 15.9. The Morgan fingerprint density at radius 2 is 1.78 bits per heavy atom. The van der Waals surface area contributed by atoms with Crippen LogP contribution >= 0.6 is 0 Å². The van der Waals surface area contributed by atoms with Crippen molar-refractivity contribution in [3.63, 3.8) is 0 Å². The number of likely N-dealkylation sites (tertiary alicyclic amines) is 1. The molecule has 4 unspecified atom stereocenters. The summed E-state index contributed by atoms with van der Waals surface area (Å²) < 4.78 is 35.9. The van der Waals surface area contributed by atoms with Crippen molar-refractivity contribution in [1.82, 2.24) is 4.90 Å². The fourth-order valence-electron chi connectivity index (χ4n) is 9.96. The smallest absolute Gasteiger partial charge is 0.482 e. The molecule has 6 aliphatic rings. The third-order valence-electron chi connectivity index (χ3n) is 13.0. The molecule has 1 saturated heterocycles. The number of fused-ring (bicyclic) bond motifs is 3. The predicted molar refractivity (Wildman–Crippen MR) is 175 cm³/mol. The molecule has 5 fully saturated rings. The van der Waals surface area contributed by atoms with E-state index >= 15 is 0 Å². The summed E-state index contributed by atoms with van der Waals surface area (Å²) in [6, 6.07) is 4.17. The van der Waals surface area contributed by atoms with Crippen molar-refractivity contribution in [2.45, 2.75) is 116 Å². The third-order valence-corrected chi connectivity index (χ3v) is 13.0. The largest absolute Gasteiger partial charge is 0.514 e. The number of ether oxygens (including phenoxy) is 6. The van der Waals surface area contributed by atoms with Crippen LogP contribution in [0.25, 0.3) is 0 Å². The van der Waals surface area contributed by atoms with Crippen LogP contribution in [-0.4, -0.2) is 92.7 Å². The van der Waals surface area contributed by atoms with Crippen LogP contribution in [0.4, 0.5) is 4.79 Å². The molecule has 0 amide bonds. The van der Waals surface area contributed by atoms with Gasteiger partial charge < -0.3 is 33.5 Å². The van der Waals surface area contributed by atoms with Gasteiger partial charge in [0.2, 0.25) is 0 Å². The van der Waals surface area contributed by atoms with E-state index in [0.29, 0.717) is 37.4 Å². The average Bonchev–Trinajstić information content (AvgIpc) is 3.76. The molecule has 7 rings (SSSR count). The topological polar surface area (TPSA) is 95.9 Å². The number of piperidine rings is 1. The Kier molecular flexibility index (Phi) is 9.01. The monoisotopic (exact) mass is 643 g/mol. The number of carbonyl (C=O) groups is 1. The van der Waals surface area contributed by atoms with Gasteiger partial charge in [0, 0.05) is 43.2 Å². The van der Waals surface area contributed by atoms with Gasteiger partial charge in [0.05, 0.1) is 25.4 Å². The molecule has 9 heteroatoms. The third kappa shape index (κ3) is 5.10. The van der Waals surface area contributed by atoms with Crippen LogP contribution < -0.4 is 9.47 Å². The van der Waals surface area contributed by atoms with E-state index in [1.54, 1.807) is 7.11 Å². The minimum atomic E-state index is -1.01. The summed E-state index contributed by atoms with van der Waals surface area (Å²) >= 11 is 0. The van der Waals surface area contributed by atoms with Crippen LogP contribution in [0.2, 0.25) is 0 Å². The Bertz CT molecular complexity index is 1290. The van der Waals surface area contributed by atoms with Gasteiger partial charge in [-0.25, -0.2) is 4.79 Å². The normalized spacial score (nSPS) is 34.7. The Labute approximate surface area is 275 Å². The van der Waals surface area contributed by atoms with Gasteiger partial charge in [-0.3, -0.25) is 4.90 Å². The molecule has 1 aromatic carbocycles. The number of hydrogen-bond donors (Lipinski definition) is 1. The zero-order valence-electron chi connectivity index (χ0n) is 29.4. The molecular formula is C37H57NO8. The van der Waals surface area contributed by atoms with Crippen molar-refractivity contribution in [2.24, 2.45) is 22.7 Å². The molecular weight excluding hydrogens is 586 g/mol. The first-order valence-corrected chi connectivity index (χ1v) is 17.6. The Balaban J connectivity index is 1.37. The van der Waals surface area contributed by atoms with Crippen molar-refractivity contribution >= 4 is 6.16 Å². The Hall–Kier alpha value is -1.91. The number of aryl methyl sites for hydroxylation is 1. The maximum atomic E-state index is 12.9. The highest BCUT2D eigenvalue weighted by atomic mass is 16.7. The van der Waals surface area contributed by atoms with E-state index in [4.69, 9.17) is 28.4 Å². The first-order chi connectivity index (χ1) is 21.8. The maximum absolute atomic E-state index is 12.9. The predicted octanol–water partition coefficient (Wildman–Crippen LogP) is 6.05. The molecule has 4 saturated carbocycles. The summed E-state index contributed by atoms with van der Waals surface area (Å²) in [6.07, 6.45) is 5.12. The zero-order chi connectivity index (χ0) is 33.1.